The summed E-state index contributed by atoms with van der Waals surface area (Å²) >= 11 is 0. The molecule has 5 nitrogen and oxygen atoms in total. The average Bonchev–Trinajstić information content (AvgIpc) is 3.29. The zero-order valence-corrected chi connectivity index (χ0v) is 26.0. The third-order valence-electron chi connectivity index (χ3n) is 8.24. The van der Waals surface area contributed by atoms with E-state index in [9.17, 15) is 0 Å². The van der Waals surface area contributed by atoms with E-state index in [1.807, 2.05) is 0 Å². The Bertz CT molecular complexity index is 446. The molecule has 0 aromatic rings. The van der Waals surface area contributed by atoms with Crippen LogP contribution in [0.15, 0.2) is 0 Å². The fourth-order valence-electron chi connectivity index (χ4n) is 5.50. The monoisotopic (exact) mass is 526 g/mol. The summed E-state index contributed by atoms with van der Waals surface area (Å²) in [6.45, 7) is 31.0. The Morgan fingerprint density at radius 1 is 0.351 bits per heavy atom. The first-order valence-electron chi connectivity index (χ1n) is 15.9. The second-order valence-electron chi connectivity index (χ2n) is 12.5. The van der Waals surface area contributed by atoms with Crippen LogP contribution in [0, 0.1) is 0 Å². The second kappa shape index (κ2) is 22.6. The van der Waals surface area contributed by atoms with Crippen LogP contribution >= 0.6 is 0 Å². The normalized spacial score (nSPS) is 22.4. The molecule has 0 amide bonds. The van der Waals surface area contributed by atoms with Gasteiger partial charge >= 0.3 is 0 Å². The molecule has 0 unspecified atom stereocenters. The molecule has 4 rings (SSSR count). The molecule has 4 aliphatic rings. The first kappa shape index (κ1) is 36.8. The third kappa shape index (κ3) is 17.9. The van der Waals surface area contributed by atoms with Gasteiger partial charge in [0.05, 0.1) is 0 Å². The molecule has 0 saturated carbocycles. The topological polar surface area (TPSA) is 25.0 Å². The van der Waals surface area contributed by atoms with Crippen molar-refractivity contribution in [3.8, 4) is 0 Å². The lowest BCUT2D eigenvalue weighted by molar-refractivity contribution is 0.185. The van der Waals surface area contributed by atoms with E-state index in [2.05, 4.69) is 80.3 Å². The van der Waals surface area contributed by atoms with Crippen molar-refractivity contribution in [1.29, 1.82) is 0 Å². The fraction of sp³-hybridized carbons (Fsp3) is 1.00. The molecule has 0 aromatic carbocycles. The summed E-state index contributed by atoms with van der Waals surface area (Å²) in [5, 5.41) is 3.33. The highest BCUT2D eigenvalue weighted by atomic mass is 15.2. The summed E-state index contributed by atoms with van der Waals surface area (Å²) in [5.41, 5.74) is 0. The molecular weight excluding hydrogens is 454 g/mol. The van der Waals surface area contributed by atoms with E-state index in [1.54, 1.807) is 0 Å². The number of nitrogens with one attached hydrogen (secondary N) is 1. The van der Waals surface area contributed by atoms with Gasteiger partial charge in [-0.2, -0.15) is 0 Å². The van der Waals surface area contributed by atoms with E-state index >= 15 is 0 Å². The van der Waals surface area contributed by atoms with Gasteiger partial charge in [0.2, 0.25) is 0 Å². The zero-order chi connectivity index (χ0) is 26.8. The van der Waals surface area contributed by atoms with Gasteiger partial charge in [-0.25, -0.2) is 0 Å². The largest absolute Gasteiger partial charge is 0.314 e. The lowest BCUT2D eigenvalue weighted by Crippen LogP contribution is -2.46. The van der Waals surface area contributed by atoms with E-state index in [-0.39, 0.29) is 7.43 Å². The molecule has 4 saturated heterocycles. The van der Waals surface area contributed by atoms with Gasteiger partial charge in [-0.3, -0.25) is 4.90 Å². The van der Waals surface area contributed by atoms with Crippen molar-refractivity contribution in [3.05, 3.63) is 0 Å². The van der Waals surface area contributed by atoms with E-state index in [0.29, 0.717) is 0 Å². The SMILES string of the molecule is C.CC(C)N1CCCC1.CC(C)N1CCCCC1.CC(C)N1CCCCCC1.CC(C)N1CCNCC1. The molecule has 37 heavy (non-hydrogen) atoms. The standard InChI is InChI=1S/C9H19N.C8H17N.C7H16N2.C7H15N.CH4/c1-9(2)10-7-5-3-4-6-8-10;1-8(2)9-6-4-3-5-7-9;1-7(2)9-5-3-8-4-6-9;1-7(2)8-5-3-4-6-8;/h9H,3-8H2,1-2H3;8H,3-7H2,1-2H3;7-8H,3-6H2,1-2H3;7H,3-6H2,1-2H3;1H4. The predicted molar refractivity (Wildman–Crippen MR) is 168 cm³/mol. The first-order valence-corrected chi connectivity index (χ1v) is 15.9. The van der Waals surface area contributed by atoms with Crippen LogP contribution in [-0.4, -0.2) is 109 Å². The highest BCUT2D eigenvalue weighted by Gasteiger charge is 2.14. The van der Waals surface area contributed by atoms with Crippen molar-refractivity contribution in [2.75, 3.05) is 65.4 Å². The van der Waals surface area contributed by atoms with E-state index in [4.69, 9.17) is 0 Å². The molecule has 0 bridgehead atoms. The molecule has 224 valence electrons. The van der Waals surface area contributed by atoms with Gasteiger partial charge in [-0.15, -0.1) is 0 Å². The van der Waals surface area contributed by atoms with Gasteiger partial charge in [0.15, 0.2) is 0 Å². The minimum atomic E-state index is 0. The molecule has 1 N–H and O–H groups in total. The summed E-state index contributed by atoms with van der Waals surface area (Å²) in [4.78, 5) is 10.2. The van der Waals surface area contributed by atoms with E-state index < -0.39 is 0 Å². The highest BCUT2D eigenvalue weighted by molar-refractivity contribution is 4.71. The summed E-state index contributed by atoms with van der Waals surface area (Å²) in [6.07, 6.45) is 12.8. The molecule has 0 spiro atoms. The van der Waals surface area contributed by atoms with Gasteiger partial charge in [0.1, 0.15) is 0 Å². The van der Waals surface area contributed by atoms with Crippen LogP contribution in [0.25, 0.3) is 0 Å². The molecular formula is C32H71N5. The molecule has 4 heterocycles. The van der Waals surface area contributed by atoms with E-state index in [1.165, 1.54) is 110 Å². The minimum absolute atomic E-state index is 0. The van der Waals surface area contributed by atoms with Gasteiger partial charge < -0.3 is 20.0 Å². The Morgan fingerprint density at radius 2 is 0.568 bits per heavy atom. The van der Waals surface area contributed by atoms with Crippen LogP contribution in [0.2, 0.25) is 0 Å². The first-order chi connectivity index (χ1) is 17.2. The lowest BCUT2D eigenvalue weighted by atomic mass is 10.1. The van der Waals surface area contributed by atoms with Crippen LogP contribution < -0.4 is 5.32 Å². The lowest BCUT2D eigenvalue weighted by Gasteiger charge is -2.30. The smallest absolute Gasteiger partial charge is 0.0110 e. The maximum Gasteiger partial charge on any atom is 0.0110 e. The van der Waals surface area contributed by atoms with Crippen molar-refractivity contribution in [1.82, 2.24) is 24.9 Å². The molecule has 0 aromatic heterocycles. The van der Waals surface area contributed by atoms with E-state index in [0.717, 1.165) is 37.3 Å². The van der Waals surface area contributed by atoms with Crippen molar-refractivity contribution < 1.29 is 0 Å². The van der Waals surface area contributed by atoms with Crippen LogP contribution in [0.4, 0.5) is 0 Å². The maximum absolute atomic E-state index is 3.33. The van der Waals surface area contributed by atoms with Crippen molar-refractivity contribution in [2.45, 2.75) is 145 Å². The Labute approximate surface area is 235 Å². The number of hydrogen-bond donors (Lipinski definition) is 1. The van der Waals surface area contributed by atoms with Crippen LogP contribution in [0.5, 0.6) is 0 Å². The summed E-state index contributed by atoms with van der Waals surface area (Å²) < 4.78 is 0. The van der Waals surface area contributed by atoms with Crippen LogP contribution in [-0.2, 0) is 0 Å². The number of piperidine rings is 1. The maximum atomic E-state index is 3.33. The predicted octanol–water partition coefficient (Wildman–Crippen LogP) is 6.58. The van der Waals surface area contributed by atoms with Crippen molar-refractivity contribution >= 4 is 0 Å². The Morgan fingerprint density at radius 3 is 0.811 bits per heavy atom. The highest BCUT2D eigenvalue weighted by Crippen LogP contribution is 2.12. The van der Waals surface area contributed by atoms with Gasteiger partial charge in [-0.1, -0.05) is 26.7 Å². The number of piperazine rings is 1. The number of hydrogen-bond acceptors (Lipinski definition) is 5. The molecule has 4 aliphatic heterocycles. The fourth-order valence-corrected chi connectivity index (χ4v) is 5.50. The number of rotatable bonds is 4. The molecule has 4 fully saturated rings. The molecule has 0 aliphatic carbocycles. The molecule has 0 radical (unpaired) electrons. The molecule has 5 heteroatoms. The Kier molecular flexibility index (Phi) is 22.5. The average molecular weight is 526 g/mol. The summed E-state index contributed by atoms with van der Waals surface area (Å²) in [6, 6.07) is 3.04. The quantitative estimate of drug-likeness (QED) is 0.447. The Hall–Kier alpha value is -0.200. The van der Waals surface area contributed by atoms with Crippen LogP contribution in [0.3, 0.4) is 0 Å². The van der Waals surface area contributed by atoms with Crippen LogP contribution in [0.1, 0.15) is 121 Å². The van der Waals surface area contributed by atoms with Gasteiger partial charge in [0.25, 0.3) is 0 Å². The second-order valence-corrected chi connectivity index (χ2v) is 12.5. The zero-order valence-electron chi connectivity index (χ0n) is 26.0. The Balaban J connectivity index is 0.000000464. The van der Waals surface area contributed by atoms with Gasteiger partial charge in [-0.05, 0) is 133 Å². The molecule has 0 atom stereocenters. The third-order valence-corrected chi connectivity index (χ3v) is 8.24. The van der Waals surface area contributed by atoms with Crippen molar-refractivity contribution in [2.24, 2.45) is 0 Å². The number of nitrogens with zero attached hydrogens (tertiary/aromatic N) is 4. The summed E-state index contributed by atoms with van der Waals surface area (Å²) in [5.74, 6) is 0. The van der Waals surface area contributed by atoms with Crippen molar-refractivity contribution in [3.63, 3.8) is 0 Å². The minimum Gasteiger partial charge on any atom is -0.314 e. The number of likely N-dealkylation sites (tertiary alicyclic amines) is 3. The van der Waals surface area contributed by atoms with Gasteiger partial charge in [0, 0.05) is 50.3 Å². The summed E-state index contributed by atoms with van der Waals surface area (Å²) in [7, 11) is 0.